The molecule has 106 valence electrons. The van der Waals surface area contributed by atoms with Crippen LogP contribution in [0.4, 0.5) is 5.69 Å². The molecule has 1 N–H and O–H groups in total. The van der Waals surface area contributed by atoms with Gasteiger partial charge in [-0.3, -0.25) is 4.79 Å². The minimum atomic E-state index is -0.0592. The fraction of sp³-hybridized carbons (Fsp3) is 0.692. The van der Waals surface area contributed by atoms with Crippen molar-refractivity contribution in [2.45, 2.75) is 44.4 Å². The van der Waals surface area contributed by atoms with E-state index in [4.69, 9.17) is 0 Å². The molecular formula is C13H20BrN3OS. The maximum absolute atomic E-state index is 12.1. The lowest BCUT2D eigenvalue weighted by atomic mass is 10.1. The standard InChI is InChI=1S/C13H20BrN3OS/c1-3-6-17-12(18)11(14)10(8-16-17)15-9-13(2)5-4-7-19-13/h8,15H,3-7,9H2,1-2H3. The lowest BCUT2D eigenvalue weighted by Gasteiger charge is -2.23. The van der Waals surface area contributed by atoms with Gasteiger partial charge in [0.15, 0.2) is 0 Å². The molecule has 0 amide bonds. The monoisotopic (exact) mass is 345 g/mol. The van der Waals surface area contributed by atoms with E-state index in [1.807, 2.05) is 18.7 Å². The number of anilines is 1. The number of rotatable bonds is 5. The quantitative estimate of drug-likeness (QED) is 0.890. The van der Waals surface area contributed by atoms with Crippen LogP contribution < -0.4 is 10.9 Å². The largest absolute Gasteiger partial charge is 0.381 e. The van der Waals surface area contributed by atoms with Crippen molar-refractivity contribution in [2.75, 3.05) is 17.6 Å². The van der Waals surface area contributed by atoms with Crippen LogP contribution in [-0.2, 0) is 6.54 Å². The smallest absolute Gasteiger partial charge is 0.283 e. The first-order chi connectivity index (χ1) is 9.06. The second kappa shape index (κ2) is 6.31. The van der Waals surface area contributed by atoms with Gasteiger partial charge in [0.25, 0.3) is 5.56 Å². The molecule has 0 bridgehead atoms. The van der Waals surface area contributed by atoms with E-state index in [0.717, 1.165) is 18.7 Å². The topological polar surface area (TPSA) is 46.9 Å². The van der Waals surface area contributed by atoms with Crippen LogP contribution in [0.3, 0.4) is 0 Å². The predicted octanol–water partition coefficient (Wildman–Crippen LogP) is 3.11. The van der Waals surface area contributed by atoms with E-state index in [2.05, 4.69) is 33.3 Å². The van der Waals surface area contributed by atoms with Crippen molar-refractivity contribution in [3.05, 3.63) is 21.0 Å². The summed E-state index contributed by atoms with van der Waals surface area (Å²) < 4.78 is 2.36. The van der Waals surface area contributed by atoms with Gasteiger partial charge in [-0.2, -0.15) is 16.9 Å². The molecule has 0 radical (unpaired) electrons. The Morgan fingerprint density at radius 1 is 1.63 bits per heavy atom. The summed E-state index contributed by atoms with van der Waals surface area (Å²) in [7, 11) is 0. The molecule has 1 aliphatic rings. The zero-order chi connectivity index (χ0) is 13.9. The summed E-state index contributed by atoms with van der Waals surface area (Å²) in [5.74, 6) is 1.23. The normalized spacial score (nSPS) is 22.7. The molecule has 0 spiro atoms. The van der Waals surface area contributed by atoms with E-state index in [0.29, 0.717) is 11.0 Å². The molecule has 1 aliphatic heterocycles. The summed E-state index contributed by atoms with van der Waals surface area (Å²) >= 11 is 5.39. The van der Waals surface area contributed by atoms with Gasteiger partial charge in [-0.1, -0.05) is 6.92 Å². The summed E-state index contributed by atoms with van der Waals surface area (Å²) in [5.41, 5.74) is 0.738. The fourth-order valence-corrected chi connectivity index (χ4v) is 3.91. The van der Waals surface area contributed by atoms with Gasteiger partial charge in [-0.15, -0.1) is 0 Å². The summed E-state index contributed by atoms with van der Waals surface area (Å²) in [6, 6.07) is 0. The van der Waals surface area contributed by atoms with Gasteiger partial charge in [0.1, 0.15) is 4.47 Å². The number of aryl methyl sites for hydroxylation is 1. The van der Waals surface area contributed by atoms with E-state index in [1.54, 1.807) is 6.20 Å². The Hall–Kier alpha value is -0.490. The average molecular weight is 346 g/mol. The molecule has 1 aromatic heterocycles. The highest BCUT2D eigenvalue weighted by Gasteiger charge is 2.29. The number of halogens is 1. The summed E-state index contributed by atoms with van der Waals surface area (Å²) in [6.45, 7) is 5.84. The molecule has 1 fully saturated rings. The van der Waals surface area contributed by atoms with Crippen molar-refractivity contribution >= 4 is 33.4 Å². The number of nitrogens with one attached hydrogen (secondary N) is 1. The second-order valence-corrected chi connectivity index (χ2v) is 7.63. The number of thioether (sulfide) groups is 1. The zero-order valence-electron chi connectivity index (χ0n) is 11.4. The van der Waals surface area contributed by atoms with Crippen LogP contribution >= 0.6 is 27.7 Å². The van der Waals surface area contributed by atoms with Crippen LogP contribution in [-0.4, -0.2) is 26.8 Å². The van der Waals surface area contributed by atoms with Gasteiger partial charge in [-0.25, -0.2) is 4.68 Å². The number of hydrogen-bond acceptors (Lipinski definition) is 4. The SMILES string of the molecule is CCCn1ncc(NCC2(C)CCCS2)c(Br)c1=O. The van der Waals surface area contributed by atoms with Crippen LogP contribution in [0, 0.1) is 0 Å². The number of hydrogen-bond donors (Lipinski definition) is 1. The minimum Gasteiger partial charge on any atom is -0.381 e. The van der Waals surface area contributed by atoms with Gasteiger partial charge < -0.3 is 5.32 Å². The Morgan fingerprint density at radius 3 is 3.05 bits per heavy atom. The van der Waals surface area contributed by atoms with E-state index in [1.165, 1.54) is 23.3 Å². The molecule has 0 aliphatic carbocycles. The summed E-state index contributed by atoms with van der Waals surface area (Å²) in [6.07, 6.45) is 5.15. The number of nitrogens with zero attached hydrogens (tertiary/aromatic N) is 2. The Labute approximate surface area is 126 Å². The average Bonchev–Trinajstić information content (AvgIpc) is 2.82. The van der Waals surface area contributed by atoms with Crippen molar-refractivity contribution in [1.82, 2.24) is 9.78 Å². The van der Waals surface area contributed by atoms with Crippen molar-refractivity contribution in [3.8, 4) is 0 Å². The molecule has 2 rings (SSSR count). The van der Waals surface area contributed by atoms with Crippen LogP contribution in [0.15, 0.2) is 15.5 Å². The van der Waals surface area contributed by atoms with Gasteiger partial charge in [0, 0.05) is 17.8 Å². The van der Waals surface area contributed by atoms with Gasteiger partial charge in [-0.05, 0) is 47.9 Å². The first-order valence-corrected chi connectivity index (χ1v) is 8.47. The molecule has 0 aromatic carbocycles. The van der Waals surface area contributed by atoms with E-state index in [-0.39, 0.29) is 10.3 Å². The van der Waals surface area contributed by atoms with Crippen LogP contribution in [0.2, 0.25) is 0 Å². The van der Waals surface area contributed by atoms with Crippen molar-refractivity contribution in [3.63, 3.8) is 0 Å². The molecule has 1 aromatic rings. The van der Waals surface area contributed by atoms with Crippen LogP contribution in [0.25, 0.3) is 0 Å². The third-order valence-corrected chi connectivity index (χ3v) is 5.68. The molecule has 1 unspecified atom stereocenters. The molecular weight excluding hydrogens is 326 g/mol. The Kier molecular flexibility index (Phi) is 4.95. The Morgan fingerprint density at radius 2 is 2.42 bits per heavy atom. The van der Waals surface area contributed by atoms with Gasteiger partial charge >= 0.3 is 0 Å². The van der Waals surface area contributed by atoms with Crippen molar-refractivity contribution < 1.29 is 0 Å². The first kappa shape index (κ1) is 14.9. The van der Waals surface area contributed by atoms with E-state index < -0.39 is 0 Å². The lowest BCUT2D eigenvalue weighted by Crippen LogP contribution is -2.29. The predicted molar refractivity (Wildman–Crippen MR) is 85.1 cm³/mol. The summed E-state index contributed by atoms with van der Waals surface area (Å²) in [5, 5.41) is 7.56. The van der Waals surface area contributed by atoms with Crippen molar-refractivity contribution in [1.29, 1.82) is 0 Å². The molecule has 2 heterocycles. The third-order valence-electron chi connectivity index (χ3n) is 3.37. The molecule has 0 saturated carbocycles. The lowest BCUT2D eigenvalue weighted by molar-refractivity contribution is 0.565. The van der Waals surface area contributed by atoms with Gasteiger partial charge in [0.2, 0.25) is 0 Å². The van der Waals surface area contributed by atoms with Gasteiger partial charge in [0.05, 0.1) is 11.9 Å². The molecule has 1 atom stereocenters. The Bertz CT molecular complexity index is 497. The van der Waals surface area contributed by atoms with Crippen LogP contribution in [0.1, 0.15) is 33.1 Å². The highest BCUT2D eigenvalue weighted by Crippen LogP contribution is 2.37. The molecule has 6 heteroatoms. The fourth-order valence-electron chi connectivity index (χ4n) is 2.22. The maximum Gasteiger partial charge on any atom is 0.283 e. The third kappa shape index (κ3) is 3.54. The zero-order valence-corrected chi connectivity index (χ0v) is 13.8. The highest BCUT2D eigenvalue weighted by molar-refractivity contribution is 9.10. The summed E-state index contributed by atoms with van der Waals surface area (Å²) in [4.78, 5) is 12.1. The molecule has 4 nitrogen and oxygen atoms in total. The van der Waals surface area contributed by atoms with E-state index >= 15 is 0 Å². The molecule has 19 heavy (non-hydrogen) atoms. The first-order valence-electron chi connectivity index (χ1n) is 6.69. The molecule has 1 saturated heterocycles. The maximum atomic E-state index is 12.1. The Balaban J connectivity index is 2.09. The number of aromatic nitrogens is 2. The minimum absolute atomic E-state index is 0.0592. The highest BCUT2D eigenvalue weighted by atomic mass is 79.9. The van der Waals surface area contributed by atoms with E-state index in [9.17, 15) is 4.79 Å². The van der Waals surface area contributed by atoms with Crippen LogP contribution in [0.5, 0.6) is 0 Å². The second-order valence-electron chi connectivity index (χ2n) is 5.16. The van der Waals surface area contributed by atoms with Crippen molar-refractivity contribution in [2.24, 2.45) is 0 Å².